The number of nitrogen functional groups attached to an aromatic ring is 2. The first-order valence-electron chi connectivity index (χ1n) is 12.9. The zero-order valence-corrected chi connectivity index (χ0v) is 25.2. The highest BCUT2D eigenvalue weighted by molar-refractivity contribution is 14.1. The Morgan fingerprint density at radius 3 is 1.85 bits per heavy atom. The summed E-state index contributed by atoms with van der Waals surface area (Å²) in [6.07, 6.45) is 0. The lowest BCUT2D eigenvalue weighted by atomic mass is 9.76. The van der Waals surface area contributed by atoms with Crippen molar-refractivity contribution in [2.24, 2.45) is 0 Å². The molecule has 1 aliphatic heterocycles. The van der Waals surface area contributed by atoms with E-state index in [2.05, 4.69) is 45.8 Å². The van der Waals surface area contributed by atoms with E-state index in [1.807, 2.05) is 107 Å². The van der Waals surface area contributed by atoms with Gasteiger partial charge in [0.25, 0.3) is 0 Å². The number of hydrogen-bond acceptors (Lipinski definition) is 6. The molecule has 0 unspecified atom stereocenters. The second-order valence-electron chi connectivity index (χ2n) is 10.4. The Kier molecular flexibility index (Phi) is 8.99. The molecule has 6 rings (SSSR count). The van der Waals surface area contributed by atoms with Gasteiger partial charge in [-0.15, -0.1) is 0 Å². The summed E-state index contributed by atoms with van der Waals surface area (Å²) in [5, 5.41) is 12.4. The van der Waals surface area contributed by atoms with Gasteiger partial charge in [0, 0.05) is 25.5 Å². The van der Waals surface area contributed by atoms with Gasteiger partial charge in [0.2, 0.25) is 0 Å². The Hall–Kier alpha value is -3.65. The molecule has 4 aromatic carbocycles. The summed E-state index contributed by atoms with van der Waals surface area (Å²) >= 11 is 2.20. The van der Waals surface area contributed by atoms with Gasteiger partial charge < -0.3 is 20.8 Å². The zero-order valence-electron chi connectivity index (χ0n) is 23.1. The minimum Gasteiger partial charge on any atom is -0.399 e. The molecule has 6 nitrogen and oxygen atoms in total. The van der Waals surface area contributed by atoms with E-state index in [0.717, 1.165) is 31.0 Å². The molecule has 202 valence electrons. The summed E-state index contributed by atoms with van der Waals surface area (Å²) in [6.45, 7) is 8.01. The number of para-hydroxylation sites is 2. The molecule has 0 saturated carbocycles. The van der Waals surface area contributed by atoms with E-state index in [4.69, 9.17) is 26.0 Å². The maximum Gasteiger partial charge on any atom is 0.496 e. The molecule has 0 bridgehead atoms. The van der Waals surface area contributed by atoms with Crippen molar-refractivity contribution >= 4 is 68.4 Å². The van der Waals surface area contributed by atoms with E-state index < -0.39 is 7.12 Å². The number of hydrogen-bond donors (Lipinski definition) is 2. The summed E-state index contributed by atoms with van der Waals surface area (Å²) in [5.74, 6) is 0.601. The Balaban J connectivity index is 0.000000147. The fourth-order valence-electron chi connectivity index (χ4n) is 4.18. The van der Waals surface area contributed by atoms with Crippen LogP contribution in [0.1, 0.15) is 33.3 Å². The minimum atomic E-state index is -0.462. The van der Waals surface area contributed by atoms with Crippen LogP contribution in [-0.4, -0.2) is 23.3 Å². The van der Waals surface area contributed by atoms with Crippen molar-refractivity contribution < 1.29 is 9.31 Å². The molecular formula is C32H32BIN4O2. The van der Waals surface area contributed by atoms with E-state index in [9.17, 15) is 0 Å². The average molecular weight is 642 g/mol. The smallest absolute Gasteiger partial charge is 0.399 e. The monoisotopic (exact) mass is 642 g/mol. The number of nitrogens with two attached hydrogens (primary N) is 2. The topological polar surface area (TPSA) is 107 Å². The van der Waals surface area contributed by atoms with Gasteiger partial charge in [-0.1, -0.05) is 72.8 Å². The van der Waals surface area contributed by atoms with Crippen LogP contribution in [-0.2, 0) is 9.31 Å². The van der Waals surface area contributed by atoms with Crippen molar-refractivity contribution in [3.05, 3.63) is 106 Å². The van der Waals surface area contributed by atoms with Crippen LogP contribution in [0.3, 0.4) is 0 Å². The summed E-state index contributed by atoms with van der Waals surface area (Å²) in [5.41, 5.74) is 13.9. The predicted molar refractivity (Wildman–Crippen MR) is 174 cm³/mol. The largest absolute Gasteiger partial charge is 0.496 e. The van der Waals surface area contributed by atoms with Gasteiger partial charge in [-0.25, -0.2) is 4.98 Å². The third-order valence-electron chi connectivity index (χ3n) is 7.13. The van der Waals surface area contributed by atoms with Crippen molar-refractivity contribution in [2.75, 3.05) is 11.5 Å². The van der Waals surface area contributed by atoms with Crippen LogP contribution in [0.2, 0.25) is 0 Å². The Bertz CT molecular complexity index is 1650. The molecule has 5 aromatic rings. The number of rotatable bonds is 1. The van der Waals surface area contributed by atoms with Crippen LogP contribution < -0.4 is 16.9 Å². The third kappa shape index (κ3) is 6.39. The maximum atomic E-state index is 9.08. The Morgan fingerprint density at radius 2 is 1.25 bits per heavy atom. The van der Waals surface area contributed by atoms with Gasteiger partial charge in [-0.05, 0) is 79.9 Å². The summed E-state index contributed by atoms with van der Waals surface area (Å²) in [4.78, 5) is 4.38. The van der Waals surface area contributed by atoms with Crippen LogP contribution in [0.25, 0.3) is 21.7 Å². The average Bonchev–Trinajstić information content (AvgIpc) is 3.17. The van der Waals surface area contributed by atoms with Gasteiger partial charge >= 0.3 is 7.12 Å². The Labute approximate surface area is 249 Å². The lowest BCUT2D eigenvalue weighted by molar-refractivity contribution is 0.00578. The molecule has 0 aliphatic carbocycles. The van der Waals surface area contributed by atoms with Gasteiger partial charge in [0.15, 0.2) is 0 Å². The SMILES string of the molecule is CC1(C)OB(c2ccccc2C#N)OC1(C)C.Nc1ccccc1I.Nc1nc2ccccc2c2ccccc12. The molecule has 1 aliphatic rings. The van der Waals surface area contributed by atoms with E-state index in [-0.39, 0.29) is 11.2 Å². The van der Waals surface area contributed by atoms with E-state index >= 15 is 0 Å². The molecule has 0 spiro atoms. The number of anilines is 2. The normalized spacial score (nSPS) is 14.9. The highest BCUT2D eigenvalue weighted by Crippen LogP contribution is 2.36. The molecule has 1 aromatic heterocycles. The first kappa shape index (κ1) is 29.3. The quantitative estimate of drug-likeness (QED) is 0.0913. The fourth-order valence-corrected chi connectivity index (χ4v) is 4.57. The standard InChI is InChI=1S/C13H16BNO2.C13H10N2.C6H6IN/c1-12(2)13(3,4)17-14(16-12)11-8-6-5-7-10(11)9-15;14-13-11-7-2-1-5-9(11)10-6-3-4-8-12(10)15-13;7-5-3-1-2-4-6(5)8/h5-8H,1-4H3;1-8H,(H2,14,15);1-4H,8H2. The summed E-state index contributed by atoms with van der Waals surface area (Å²) in [7, 11) is -0.462. The molecule has 4 N–H and O–H groups in total. The van der Waals surface area contributed by atoms with E-state index in [1.165, 1.54) is 5.39 Å². The fraction of sp³-hybridized carbons (Fsp3) is 0.188. The first-order valence-corrected chi connectivity index (χ1v) is 14.0. The third-order valence-corrected chi connectivity index (χ3v) is 8.11. The number of pyridine rings is 1. The van der Waals surface area contributed by atoms with E-state index in [0.29, 0.717) is 11.4 Å². The molecule has 1 fully saturated rings. The van der Waals surface area contributed by atoms with Crippen LogP contribution in [0.15, 0.2) is 97.1 Å². The number of halogens is 1. The van der Waals surface area contributed by atoms with Crippen molar-refractivity contribution in [2.45, 2.75) is 38.9 Å². The molecule has 2 heterocycles. The van der Waals surface area contributed by atoms with Gasteiger partial charge in [0.1, 0.15) is 5.82 Å². The van der Waals surface area contributed by atoms with Crippen molar-refractivity contribution in [3.8, 4) is 6.07 Å². The molecular weight excluding hydrogens is 610 g/mol. The minimum absolute atomic E-state index is 0.375. The van der Waals surface area contributed by atoms with Crippen LogP contribution in [0.5, 0.6) is 0 Å². The van der Waals surface area contributed by atoms with Gasteiger partial charge in [-0.3, -0.25) is 0 Å². The number of nitriles is 1. The molecule has 40 heavy (non-hydrogen) atoms. The maximum absolute atomic E-state index is 9.08. The van der Waals surface area contributed by atoms with E-state index in [1.54, 1.807) is 6.07 Å². The van der Waals surface area contributed by atoms with Gasteiger partial charge in [-0.2, -0.15) is 5.26 Å². The summed E-state index contributed by atoms with van der Waals surface area (Å²) < 4.78 is 13.0. The lowest BCUT2D eigenvalue weighted by Gasteiger charge is -2.32. The van der Waals surface area contributed by atoms with Crippen molar-refractivity contribution in [1.29, 1.82) is 5.26 Å². The second kappa shape index (κ2) is 12.3. The van der Waals surface area contributed by atoms with Crippen molar-refractivity contribution in [3.63, 3.8) is 0 Å². The first-order chi connectivity index (χ1) is 19.0. The molecule has 0 radical (unpaired) electrons. The molecule has 0 amide bonds. The number of aromatic nitrogens is 1. The highest BCUT2D eigenvalue weighted by Gasteiger charge is 2.52. The number of nitrogens with zero attached hydrogens (tertiary/aromatic N) is 2. The zero-order chi connectivity index (χ0) is 28.9. The molecule has 8 heteroatoms. The Morgan fingerprint density at radius 1 is 0.725 bits per heavy atom. The highest BCUT2D eigenvalue weighted by atomic mass is 127. The number of benzene rings is 4. The lowest BCUT2D eigenvalue weighted by Crippen LogP contribution is -2.41. The van der Waals surface area contributed by atoms with Crippen LogP contribution in [0.4, 0.5) is 11.5 Å². The number of fused-ring (bicyclic) bond motifs is 3. The van der Waals surface area contributed by atoms with Crippen LogP contribution in [0, 0.1) is 14.9 Å². The van der Waals surface area contributed by atoms with Crippen LogP contribution >= 0.6 is 22.6 Å². The molecule has 1 saturated heterocycles. The van der Waals surface area contributed by atoms with Gasteiger partial charge in [0.05, 0.1) is 28.4 Å². The summed E-state index contributed by atoms with van der Waals surface area (Å²) in [6, 6.07) is 33.5. The van der Waals surface area contributed by atoms with Crippen molar-refractivity contribution in [1.82, 2.24) is 4.98 Å². The second-order valence-corrected chi connectivity index (χ2v) is 11.5. The predicted octanol–water partition coefficient (Wildman–Crippen LogP) is 6.70. The molecule has 0 atom stereocenters.